The minimum Gasteiger partial charge on any atom is -0.357 e. The van der Waals surface area contributed by atoms with E-state index < -0.39 is 9.84 Å². The van der Waals surface area contributed by atoms with Crippen LogP contribution in [-0.4, -0.2) is 63.3 Å². The second-order valence-electron chi connectivity index (χ2n) is 7.29. The first kappa shape index (κ1) is 21.7. The van der Waals surface area contributed by atoms with Gasteiger partial charge in [-0.15, -0.1) is 0 Å². The zero-order chi connectivity index (χ0) is 19.7. The fraction of sp³-hybridized carbons (Fsp3) is 0.650. The van der Waals surface area contributed by atoms with Gasteiger partial charge in [0.25, 0.3) is 0 Å². The molecular weight excluding hydrogens is 360 g/mol. The van der Waals surface area contributed by atoms with Crippen LogP contribution in [-0.2, 0) is 9.84 Å². The lowest BCUT2D eigenvalue weighted by Gasteiger charge is -2.35. The Kier molecular flexibility index (Phi) is 8.57. The van der Waals surface area contributed by atoms with Crippen molar-refractivity contribution in [3.63, 3.8) is 0 Å². The molecule has 1 aliphatic heterocycles. The van der Waals surface area contributed by atoms with Crippen LogP contribution >= 0.6 is 0 Å². The van der Waals surface area contributed by atoms with Crippen LogP contribution in [0, 0.1) is 0 Å². The number of aliphatic imine (C=N–C) groups is 1. The summed E-state index contributed by atoms with van der Waals surface area (Å²) in [6.07, 6.45) is 2.72. The molecule has 0 radical (unpaired) electrons. The van der Waals surface area contributed by atoms with Crippen molar-refractivity contribution in [2.24, 2.45) is 4.99 Å². The van der Waals surface area contributed by atoms with E-state index in [0.29, 0.717) is 29.9 Å². The number of hydrogen-bond acceptors (Lipinski definition) is 4. The van der Waals surface area contributed by atoms with E-state index in [-0.39, 0.29) is 5.75 Å². The van der Waals surface area contributed by atoms with Crippen molar-refractivity contribution >= 4 is 15.8 Å². The number of likely N-dealkylation sites (tertiary alicyclic amines) is 1. The van der Waals surface area contributed by atoms with Crippen LogP contribution in [0.1, 0.15) is 40.0 Å². The lowest BCUT2D eigenvalue weighted by molar-refractivity contribution is 0.167. The normalized spacial score (nSPS) is 17.3. The smallest absolute Gasteiger partial charge is 0.191 e. The van der Waals surface area contributed by atoms with Crippen molar-refractivity contribution in [1.29, 1.82) is 0 Å². The predicted molar refractivity (Wildman–Crippen MR) is 112 cm³/mol. The first-order valence-electron chi connectivity index (χ1n) is 9.99. The summed E-state index contributed by atoms with van der Waals surface area (Å²) in [5.74, 6) is 0.907. The Balaban J connectivity index is 1.81. The SMILES string of the molecule is CCNC(=NCCCS(=O)(=O)c1ccccc1)NC1CCN(C(C)C)CC1. The minimum absolute atomic E-state index is 0.118. The van der Waals surface area contributed by atoms with Crippen molar-refractivity contribution in [2.45, 2.75) is 57.0 Å². The summed E-state index contributed by atoms with van der Waals surface area (Å²) in [4.78, 5) is 7.46. The summed E-state index contributed by atoms with van der Waals surface area (Å²) >= 11 is 0. The summed E-state index contributed by atoms with van der Waals surface area (Å²) in [5, 5.41) is 6.78. The largest absolute Gasteiger partial charge is 0.357 e. The second kappa shape index (κ2) is 10.7. The molecule has 0 amide bonds. The quantitative estimate of drug-likeness (QED) is 0.402. The second-order valence-corrected chi connectivity index (χ2v) is 9.40. The molecule has 1 saturated heterocycles. The lowest BCUT2D eigenvalue weighted by Crippen LogP contribution is -2.49. The number of rotatable bonds is 8. The fourth-order valence-corrected chi connectivity index (χ4v) is 4.58. The molecule has 27 heavy (non-hydrogen) atoms. The number of piperidine rings is 1. The molecule has 1 heterocycles. The molecule has 0 aromatic heterocycles. The highest BCUT2D eigenvalue weighted by molar-refractivity contribution is 7.91. The third-order valence-corrected chi connectivity index (χ3v) is 6.70. The van der Waals surface area contributed by atoms with E-state index in [1.807, 2.05) is 13.0 Å². The third-order valence-electron chi connectivity index (χ3n) is 4.89. The summed E-state index contributed by atoms with van der Waals surface area (Å²) in [6.45, 7) is 10.0. The molecule has 2 rings (SSSR count). The van der Waals surface area contributed by atoms with Gasteiger partial charge in [-0.3, -0.25) is 4.99 Å². The van der Waals surface area contributed by atoms with E-state index >= 15 is 0 Å². The van der Waals surface area contributed by atoms with E-state index in [1.54, 1.807) is 24.3 Å². The van der Waals surface area contributed by atoms with Crippen LogP contribution in [0.4, 0.5) is 0 Å². The van der Waals surface area contributed by atoms with E-state index in [1.165, 1.54) is 0 Å². The number of nitrogens with one attached hydrogen (secondary N) is 2. The van der Waals surface area contributed by atoms with Crippen molar-refractivity contribution in [1.82, 2.24) is 15.5 Å². The van der Waals surface area contributed by atoms with E-state index in [9.17, 15) is 8.42 Å². The maximum Gasteiger partial charge on any atom is 0.191 e. The van der Waals surface area contributed by atoms with Crippen molar-refractivity contribution in [2.75, 3.05) is 31.9 Å². The molecular formula is C20H34N4O2S. The molecule has 0 saturated carbocycles. The zero-order valence-electron chi connectivity index (χ0n) is 16.8. The molecule has 7 heteroatoms. The average Bonchev–Trinajstić information content (AvgIpc) is 2.66. The molecule has 1 fully saturated rings. The molecule has 2 N–H and O–H groups in total. The molecule has 1 aliphatic rings. The van der Waals surface area contributed by atoms with Gasteiger partial charge in [-0.25, -0.2) is 8.42 Å². The highest BCUT2D eigenvalue weighted by atomic mass is 32.2. The van der Waals surface area contributed by atoms with Gasteiger partial charge in [0.1, 0.15) is 0 Å². The molecule has 0 bridgehead atoms. The Morgan fingerprint density at radius 3 is 2.48 bits per heavy atom. The number of nitrogens with zero attached hydrogens (tertiary/aromatic N) is 2. The van der Waals surface area contributed by atoms with E-state index in [4.69, 9.17) is 0 Å². The summed E-state index contributed by atoms with van der Waals surface area (Å²) in [7, 11) is -3.23. The van der Waals surface area contributed by atoms with Gasteiger partial charge >= 0.3 is 0 Å². The molecule has 1 aromatic carbocycles. The number of benzene rings is 1. The summed E-state index contributed by atoms with van der Waals surface area (Å²) < 4.78 is 24.6. The molecule has 0 unspecified atom stereocenters. The van der Waals surface area contributed by atoms with Crippen LogP contribution in [0.15, 0.2) is 40.2 Å². The Bertz CT molecular complexity index is 681. The van der Waals surface area contributed by atoms with Gasteiger partial charge in [0.2, 0.25) is 0 Å². The lowest BCUT2D eigenvalue weighted by atomic mass is 10.0. The molecule has 0 spiro atoms. The van der Waals surface area contributed by atoms with Gasteiger partial charge in [-0.1, -0.05) is 18.2 Å². The van der Waals surface area contributed by atoms with Crippen LogP contribution in [0.3, 0.4) is 0 Å². The summed E-state index contributed by atoms with van der Waals surface area (Å²) in [6, 6.07) is 9.64. The van der Waals surface area contributed by atoms with E-state index in [2.05, 4.69) is 34.4 Å². The Labute approximate surface area is 164 Å². The highest BCUT2D eigenvalue weighted by Crippen LogP contribution is 2.13. The molecule has 1 aromatic rings. The zero-order valence-corrected chi connectivity index (χ0v) is 17.6. The van der Waals surface area contributed by atoms with Crippen molar-refractivity contribution in [3.05, 3.63) is 30.3 Å². The van der Waals surface area contributed by atoms with Gasteiger partial charge < -0.3 is 15.5 Å². The standard InChI is InChI=1S/C20H34N4O2S/c1-4-21-20(23-18-11-14-24(15-12-18)17(2)3)22-13-8-16-27(25,26)19-9-6-5-7-10-19/h5-7,9-10,17-18H,4,8,11-16H2,1-3H3,(H2,21,22,23). The Morgan fingerprint density at radius 1 is 1.22 bits per heavy atom. The van der Waals surface area contributed by atoms with Crippen LogP contribution in [0.25, 0.3) is 0 Å². The maximum absolute atomic E-state index is 12.3. The molecule has 0 atom stereocenters. The summed E-state index contributed by atoms with van der Waals surface area (Å²) in [5.41, 5.74) is 0. The van der Waals surface area contributed by atoms with Gasteiger partial charge in [-0.2, -0.15) is 0 Å². The van der Waals surface area contributed by atoms with Crippen LogP contribution < -0.4 is 10.6 Å². The number of hydrogen-bond donors (Lipinski definition) is 2. The third kappa shape index (κ3) is 7.14. The highest BCUT2D eigenvalue weighted by Gasteiger charge is 2.21. The average molecular weight is 395 g/mol. The minimum atomic E-state index is -3.23. The monoisotopic (exact) mass is 394 g/mol. The molecule has 0 aliphatic carbocycles. The van der Waals surface area contributed by atoms with E-state index in [0.717, 1.165) is 38.4 Å². The molecule has 6 nitrogen and oxygen atoms in total. The van der Waals surface area contributed by atoms with Crippen LogP contribution in [0.5, 0.6) is 0 Å². The van der Waals surface area contributed by atoms with Crippen molar-refractivity contribution < 1.29 is 8.42 Å². The van der Waals surface area contributed by atoms with Crippen LogP contribution in [0.2, 0.25) is 0 Å². The molecule has 152 valence electrons. The number of guanidine groups is 1. The fourth-order valence-electron chi connectivity index (χ4n) is 3.26. The maximum atomic E-state index is 12.3. The predicted octanol–water partition coefficient (Wildman–Crippen LogP) is 2.28. The van der Waals surface area contributed by atoms with Gasteiger partial charge in [0, 0.05) is 38.3 Å². The van der Waals surface area contributed by atoms with Crippen molar-refractivity contribution in [3.8, 4) is 0 Å². The number of sulfone groups is 1. The Morgan fingerprint density at radius 2 is 1.89 bits per heavy atom. The topological polar surface area (TPSA) is 73.8 Å². The Hall–Kier alpha value is -1.60. The first-order chi connectivity index (χ1) is 12.9. The first-order valence-corrected chi connectivity index (χ1v) is 11.6. The van der Waals surface area contributed by atoms with Gasteiger partial charge in [-0.05, 0) is 52.2 Å². The van der Waals surface area contributed by atoms with Gasteiger partial charge in [0.05, 0.1) is 10.6 Å². The van der Waals surface area contributed by atoms with Gasteiger partial charge in [0.15, 0.2) is 15.8 Å².